The Labute approximate surface area is 197 Å². The third-order valence-electron chi connectivity index (χ3n) is 4.65. The number of benzene rings is 2. The summed E-state index contributed by atoms with van der Waals surface area (Å²) >= 11 is 0. The minimum atomic E-state index is -0.286. The van der Waals surface area contributed by atoms with Gasteiger partial charge in [-0.2, -0.15) is 10.2 Å². The number of methoxy groups -OCH3 is 1. The number of aromatic nitrogens is 1. The Morgan fingerprint density at radius 2 is 1.47 bits per heavy atom. The van der Waals surface area contributed by atoms with Crippen LogP contribution >= 0.6 is 0 Å². The first-order valence-electron chi connectivity index (χ1n) is 10.2. The van der Waals surface area contributed by atoms with E-state index in [0.717, 1.165) is 0 Å². The molecule has 0 spiro atoms. The molecule has 0 atom stereocenters. The first-order chi connectivity index (χ1) is 16.2. The highest BCUT2D eigenvalue weighted by atomic mass is 16.5. The number of nitrogens with zero attached hydrogens (tertiary/aromatic N) is 4. The molecule has 1 aromatic heterocycles. The third kappa shape index (κ3) is 5.61. The molecule has 0 fully saturated rings. The summed E-state index contributed by atoms with van der Waals surface area (Å²) in [6.45, 7) is 0. The number of carbonyl (C=O) groups is 2. The van der Waals surface area contributed by atoms with E-state index in [1.54, 1.807) is 64.6 Å². The fourth-order valence-electron chi connectivity index (χ4n) is 2.98. The zero-order chi connectivity index (χ0) is 24.8. The number of amides is 2. The summed E-state index contributed by atoms with van der Waals surface area (Å²) in [5.74, 6) is 0.708. The molecular formula is C25H24N4O5. The SMILES string of the molecule is COc1ccc(C#N)cc1Oc1cc(C(=O)N(C)C)cc(Oc2cccc(C(=O)N(C)C)c2)n1. The largest absolute Gasteiger partial charge is 0.493 e. The summed E-state index contributed by atoms with van der Waals surface area (Å²) in [5.41, 5.74) is 1.09. The molecule has 9 nitrogen and oxygen atoms in total. The second kappa shape index (κ2) is 10.4. The molecule has 0 bridgehead atoms. The van der Waals surface area contributed by atoms with Crippen LogP contribution in [0.4, 0.5) is 0 Å². The normalized spacial score (nSPS) is 10.1. The van der Waals surface area contributed by atoms with Crippen molar-refractivity contribution >= 4 is 11.8 Å². The standard InChI is InChI=1S/C25H24N4O5/c1-28(2)24(30)17-7-6-8-19(12-17)33-22-13-18(25(31)29(3)4)14-23(27-22)34-21-11-16(15-26)9-10-20(21)32-5/h6-14H,1-5H3. The van der Waals surface area contributed by atoms with Gasteiger partial charge >= 0.3 is 0 Å². The van der Waals surface area contributed by atoms with Crippen molar-refractivity contribution in [3.05, 3.63) is 71.3 Å². The molecule has 9 heteroatoms. The van der Waals surface area contributed by atoms with Crippen LogP contribution in [0, 0.1) is 11.3 Å². The number of hydrogen-bond acceptors (Lipinski definition) is 7. The van der Waals surface area contributed by atoms with Crippen LogP contribution in [0.15, 0.2) is 54.6 Å². The van der Waals surface area contributed by atoms with Crippen molar-refractivity contribution in [2.75, 3.05) is 35.3 Å². The molecule has 1 heterocycles. The van der Waals surface area contributed by atoms with Gasteiger partial charge in [-0.25, -0.2) is 0 Å². The molecule has 3 aromatic rings. The van der Waals surface area contributed by atoms with Gasteiger partial charge in [0.15, 0.2) is 11.5 Å². The smallest absolute Gasteiger partial charge is 0.253 e. The third-order valence-corrected chi connectivity index (χ3v) is 4.65. The number of hydrogen-bond donors (Lipinski definition) is 0. The first kappa shape index (κ1) is 24.1. The second-order valence-corrected chi connectivity index (χ2v) is 7.64. The number of nitriles is 1. The van der Waals surface area contributed by atoms with Crippen molar-refractivity contribution in [3.8, 4) is 35.1 Å². The van der Waals surface area contributed by atoms with Crippen LogP contribution in [-0.2, 0) is 0 Å². The molecule has 3 rings (SSSR count). The highest BCUT2D eigenvalue weighted by Crippen LogP contribution is 2.33. The maximum atomic E-state index is 12.7. The minimum absolute atomic E-state index is 0.0663. The molecular weight excluding hydrogens is 436 g/mol. The quantitative estimate of drug-likeness (QED) is 0.526. The Morgan fingerprint density at radius 3 is 2.09 bits per heavy atom. The van der Waals surface area contributed by atoms with E-state index in [1.165, 1.54) is 35.1 Å². The molecule has 0 unspecified atom stereocenters. The van der Waals surface area contributed by atoms with Gasteiger partial charge in [-0.05, 0) is 30.3 Å². The molecule has 174 valence electrons. The molecule has 0 radical (unpaired) electrons. The molecule has 2 aromatic carbocycles. The van der Waals surface area contributed by atoms with Gasteiger partial charge < -0.3 is 24.0 Å². The monoisotopic (exact) mass is 460 g/mol. The van der Waals surface area contributed by atoms with Crippen molar-refractivity contribution in [2.24, 2.45) is 0 Å². The van der Waals surface area contributed by atoms with Crippen molar-refractivity contribution < 1.29 is 23.8 Å². The fourth-order valence-corrected chi connectivity index (χ4v) is 2.98. The Morgan fingerprint density at radius 1 is 0.824 bits per heavy atom. The van der Waals surface area contributed by atoms with Crippen LogP contribution in [0.2, 0.25) is 0 Å². The molecule has 2 amide bonds. The average molecular weight is 460 g/mol. The maximum Gasteiger partial charge on any atom is 0.253 e. The predicted molar refractivity (Wildman–Crippen MR) is 125 cm³/mol. The molecule has 0 aliphatic rings. The first-order valence-corrected chi connectivity index (χ1v) is 10.2. The van der Waals surface area contributed by atoms with Crippen molar-refractivity contribution in [3.63, 3.8) is 0 Å². The Kier molecular flexibility index (Phi) is 7.33. The lowest BCUT2D eigenvalue weighted by atomic mass is 10.2. The lowest BCUT2D eigenvalue weighted by Crippen LogP contribution is -2.22. The van der Waals surface area contributed by atoms with Crippen molar-refractivity contribution in [1.82, 2.24) is 14.8 Å². The van der Waals surface area contributed by atoms with Gasteiger partial charge in [0, 0.05) is 52.0 Å². The van der Waals surface area contributed by atoms with Crippen LogP contribution in [-0.4, -0.2) is 61.9 Å². The zero-order valence-electron chi connectivity index (χ0n) is 19.5. The number of pyridine rings is 1. The van der Waals surface area contributed by atoms with E-state index in [4.69, 9.17) is 14.2 Å². The Hall–Kier alpha value is -4.58. The van der Waals surface area contributed by atoms with Gasteiger partial charge in [-0.15, -0.1) is 0 Å². The van der Waals surface area contributed by atoms with Gasteiger partial charge in [0.2, 0.25) is 11.8 Å². The summed E-state index contributed by atoms with van der Waals surface area (Å²) in [7, 11) is 8.04. The van der Waals surface area contributed by atoms with E-state index in [-0.39, 0.29) is 34.9 Å². The summed E-state index contributed by atoms with van der Waals surface area (Å²) in [5, 5.41) is 9.21. The van der Waals surface area contributed by atoms with E-state index >= 15 is 0 Å². The van der Waals surface area contributed by atoms with Gasteiger partial charge in [0.25, 0.3) is 11.8 Å². The zero-order valence-corrected chi connectivity index (χ0v) is 19.5. The summed E-state index contributed by atoms with van der Waals surface area (Å²) in [6.07, 6.45) is 0. The van der Waals surface area contributed by atoms with E-state index in [2.05, 4.69) is 4.98 Å². The highest BCUT2D eigenvalue weighted by molar-refractivity contribution is 5.95. The highest BCUT2D eigenvalue weighted by Gasteiger charge is 2.17. The molecule has 0 aliphatic heterocycles. The van der Waals surface area contributed by atoms with E-state index in [1.807, 2.05) is 6.07 Å². The summed E-state index contributed by atoms with van der Waals surface area (Å²) in [4.78, 5) is 32.2. The van der Waals surface area contributed by atoms with Gasteiger partial charge in [-0.1, -0.05) is 6.07 Å². The van der Waals surface area contributed by atoms with Crippen LogP contribution in [0.3, 0.4) is 0 Å². The van der Waals surface area contributed by atoms with Crippen LogP contribution < -0.4 is 14.2 Å². The Bertz CT molecular complexity index is 1260. The number of carbonyl (C=O) groups excluding carboxylic acids is 2. The Balaban J connectivity index is 2.01. The van der Waals surface area contributed by atoms with E-state index in [0.29, 0.717) is 22.6 Å². The van der Waals surface area contributed by atoms with E-state index < -0.39 is 0 Å². The van der Waals surface area contributed by atoms with Crippen molar-refractivity contribution in [2.45, 2.75) is 0 Å². The lowest BCUT2D eigenvalue weighted by Gasteiger charge is -2.15. The molecule has 0 saturated heterocycles. The fraction of sp³-hybridized carbons (Fsp3) is 0.200. The van der Waals surface area contributed by atoms with Crippen molar-refractivity contribution in [1.29, 1.82) is 5.26 Å². The molecule has 0 saturated carbocycles. The summed E-state index contributed by atoms with van der Waals surface area (Å²) in [6, 6.07) is 16.3. The summed E-state index contributed by atoms with van der Waals surface area (Å²) < 4.78 is 17.1. The topological polar surface area (TPSA) is 105 Å². The molecule has 0 aliphatic carbocycles. The lowest BCUT2D eigenvalue weighted by molar-refractivity contribution is 0.0820. The van der Waals surface area contributed by atoms with E-state index in [9.17, 15) is 14.9 Å². The second-order valence-electron chi connectivity index (χ2n) is 7.64. The maximum absolute atomic E-state index is 12.7. The van der Waals surface area contributed by atoms with Crippen LogP contribution in [0.25, 0.3) is 0 Å². The van der Waals surface area contributed by atoms with Crippen LogP contribution in [0.1, 0.15) is 26.3 Å². The average Bonchev–Trinajstić information content (AvgIpc) is 2.82. The van der Waals surface area contributed by atoms with Gasteiger partial charge in [-0.3, -0.25) is 9.59 Å². The number of ether oxygens (including phenoxy) is 3. The molecule has 34 heavy (non-hydrogen) atoms. The minimum Gasteiger partial charge on any atom is -0.493 e. The van der Waals surface area contributed by atoms with Crippen LogP contribution in [0.5, 0.6) is 29.0 Å². The predicted octanol–water partition coefficient (Wildman–Crippen LogP) is 3.95. The van der Waals surface area contributed by atoms with Gasteiger partial charge in [0.05, 0.1) is 24.3 Å². The molecule has 0 N–H and O–H groups in total. The van der Waals surface area contributed by atoms with Gasteiger partial charge in [0.1, 0.15) is 5.75 Å². The number of rotatable bonds is 7.